The summed E-state index contributed by atoms with van der Waals surface area (Å²) in [5, 5.41) is 14.6. The third kappa shape index (κ3) is 3.98. The van der Waals surface area contributed by atoms with Crippen LogP contribution in [-0.4, -0.2) is 11.1 Å². The molecule has 6 heteroatoms. The number of aryl methyl sites for hydroxylation is 1. The Balaban J connectivity index is 1.57. The van der Waals surface area contributed by atoms with Crippen molar-refractivity contribution < 1.29 is 9.90 Å². The van der Waals surface area contributed by atoms with Crippen LogP contribution in [0.15, 0.2) is 71.5 Å². The zero-order valence-electron chi connectivity index (χ0n) is 18.5. The Morgan fingerprint density at radius 3 is 2.39 bits per heavy atom. The largest absolute Gasteiger partial charge is 0.478 e. The van der Waals surface area contributed by atoms with Gasteiger partial charge in [0.05, 0.1) is 10.6 Å². The Bertz CT molecular complexity index is 1420. The van der Waals surface area contributed by atoms with E-state index in [1.54, 1.807) is 35.6 Å². The summed E-state index contributed by atoms with van der Waals surface area (Å²) in [7, 11) is 0. The third-order valence-corrected chi connectivity index (χ3v) is 7.38. The van der Waals surface area contributed by atoms with Gasteiger partial charge in [0.2, 0.25) is 0 Å². The second kappa shape index (κ2) is 8.37. The highest BCUT2D eigenvalue weighted by atomic mass is 32.1. The smallest absolute Gasteiger partial charge is 0.337 e. The lowest BCUT2D eigenvalue weighted by Crippen LogP contribution is -2.16. The molecule has 1 aliphatic rings. The lowest BCUT2D eigenvalue weighted by atomic mass is 10.0. The van der Waals surface area contributed by atoms with E-state index in [2.05, 4.69) is 28.4 Å². The van der Waals surface area contributed by atoms with E-state index < -0.39 is 5.97 Å². The molecule has 4 aromatic rings. The molecule has 0 fully saturated rings. The Kier molecular flexibility index (Phi) is 5.38. The maximum Gasteiger partial charge on any atom is 0.337 e. The summed E-state index contributed by atoms with van der Waals surface area (Å²) >= 11 is 1.62. The zero-order valence-corrected chi connectivity index (χ0v) is 19.3. The van der Waals surface area contributed by atoms with Gasteiger partial charge in [-0.2, -0.15) is 0 Å². The summed E-state index contributed by atoms with van der Waals surface area (Å²) < 4.78 is 0.937. The van der Waals surface area contributed by atoms with Gasteiger partial charge in [0.15, 0.2) is 5.43 Å². The van der Waals surface area contributed by atoms with Crippen molar-refractivity contribution in [3.05, 3.63) is 105 Å². The molecule has 33 heavy (non-hydrogen) atoms. The van der Waals surface area contributed by atoms with E-state index in [4.69, 9.17) is 0 Å². The Morgan fingerprint density at radius 1 is 1.03 bits per heavy atom. The number of carboxylic acid groups (broad SMARTS) is 1. The van der Waals surface area contributed by atoms with Crippen LogP contribution in [0, 0.1) is 6.92 Å². The van der Waals surface area contributed by atoms with E-state index in [0.29, 0.717) is 11.1 Å². The van der Waals surface area contributed by atoms with Crippen LogP contribution < -0.4 is 15.6 Å². The number of anilines is 2. The molecule has 1 aliphatic heterocycles. The van der Waals surface area contributed by atoms with Crippen LogP contribution in [0.5, 0.6) is 0 Å². The molecule has 2 heterocycles. The molecule has 0 saturated heterocycles. The fraction of sp³-hybridized carbons (Fsp3) is 0.185. The Hall–Kier alpha value is -3.64. The summed E-state index contributed by atoms with van der Waals surface area (Å²) in [6.07, 6.45) is 0. The topological polar surface area (TPSA) is 69.6 Å². The van der Waals surface area contributed by atoms with Gasteiger partial charge in [0.1, 0.15) is 0 Å². The van der Waals surface area contributed by atoms with Gasteiger partial charge in [-0.25, -0.2) is 4.79 Å². The van der Waals surface area contributed by atoms with Crippen molar-refractivity contribution >= 4 is 38.1 Å². The molecule has 0 radical (unpaired) electrons. The van der Waals surface area contributed by atoms with Gasteiger partial charge in [-0.3, -0.25) is 4.79 Å². The van der Waals surface area contributed by atoms with Crippen molar-refractivity contribution in [3.63, 3.8) is 0 Å². The number of fused-ring (bicyclic) bond motifs is 2. The van der Waals surface area contributed by atoms with Crippen LogP contribution in [0.2, 0.25) is 0 Å². The molecular weight excluding hydrogens is 432 g/mol. The molecule has 5 nitrogen and oxygen atoms in total. The Morgan fingerprint density at radius 2 is 1.70 bits per heavy atom. The van der Waals surface area contributed by atoms with E-state index >= 15 is 0 Å². The average molecular weight is 457 g/mol. The average Bonchev–Trinajstić information content (AvgIpc) is 3.23. The highest BCUT2D eigenvalue weighted by Crippen LogP contribution is 2.37. The quantitative estimate of drug-likeness (QED) is 0.388. The van der Waals surface area contributed by atoms with E-state index in [1.165, 1.54) is 11.1 Å². The lowest BCUT2D eigenvalue weighted by Gasteiger charge is -2.21. The second-order valence-electron chi connectivity index (χ2n) is 8.52. The molecule has 0 unspecified atom stereocenters. The van der Waals surface area contributed by atoms with Gasteiger partial charge in [-0.15, -0.1) is 11.3 Å². The summed E-state index contributed by atoms with van der Waals surface area (Å²) in [6.45, 7) is 5.57. The molecule has 0 spiro atoms. The minimum atomic E-state index is -0.972. The molecule has 0 aliphatic carbocycles. The summed E-state index contributed by atoms with van der Waals surface area (Å²) in [6, 6.07) is 20.9. The van der Waals surface area contributed by atoms with E-state index in [0.717, 1.165) is 33.9 Å². The summed E-state index contributed by atoms with van der Waals surface area (Å²) in [5.41, 5.74) is 5.38. The van der Waals surface area contributed by atoms with Crippen LogP contribution >= 0.6 is 11.3 Å². The first-order valence-corrected chi connectivity index (χ1v) is 11.7. The molecule has 5 rings (SSSR count). The van der Waals surface area contributed by atoms with Crippen molar-refractivity contribution in [2.75, 3.05) is 10.2 Å². The number of nitrogens with one attached hydrogen (secondary N) is 1. The number of aromatic carboxylic acids is 1. The van der Waals surface area contributed by atoms with Crippen molar-refractivity contribution in [2.45, 2.75) is 33.0 Å². The number of hydrogen-bond acceptors (Lipinski definition) is 5. The van der Waals surface area contributed by atoms with Gasteiger partial charge in [0, 0.05) is 41.0 Å². The predicted octanol–water partition coefficient (Wildman–Crippen LogP) is 5.96. The maximum atomic E-state index is 13.1. The van der Waals surface area contributed by atoms with Gasteiger partial charge in [0.25, 0.3) is 0 Å². The molecule has 0 saturated carbocycles. The molecule has 3 aromatic carbocycles. The molecule has 1 aromatic heterocycles. The van der Waals surface area contributed by atoms with E-state index in [-0.39, 0.29) is 17.0 Å². The second-order valence-corrected chi connectivity index (χ2v) is 9.55. The highest BCUT2D eigenvalue weighted by Gasteiger charge is 2.22. The SMILES string of the molecule is Cc1cc([C@H](C)Nc2ccccc2C(=O)O)c2sc(N3Cc4ccccc4C3)cc(=O)c2c1. The number of carboxylic acids is 1. The minimum Gasteiger partial charge on any atom is -0.478 e. The molecule has 2 N–H and O–H groups in total. The first-order chi connectivity index (χ1) is 15.9. The highest BCUT2D eigenvalue weighted by molar-refractivity contribution is 7.22. The number of rotatable bonds is 5. The van der Waals surface area contributed by atoms with E-state index in [9.17, 15) is 14.7 Å². The maximum absolute atomic E-state index is 13.1. The normalized spacial score (nSPS) is 13.7. The number of nitrogens with zero attached hydrogens (tertiary/aromatic N) is 1. The predicted molar refractivity (Wildman–Crippen MR) is 135 cm³/mol. The third-order valence-electron chi connectivity index (χ3n) is 6.14. The lowest BCUT2D eigenvalue weighted by molar-refractivity contribution is 0.0698. The molecular formula is C27H24N2O3S. The standard InChI is InChI=1S/C27H24N2O3S/c1-16-11-21(17(2)28-23-10-6-5-9-20(23)27(31)32)26-22(12-16)24(30)13-25(33-26)29-14-18-7-3-4-8-19(18)15-29/h3-13,17,28H,14-15H2,1-2H3,(H,31,32)/t17-/m0/s1. The molecule has 0 amide bonds. The first kappa shape index (κ1) is 21.2. The van der Waals surface area contributed by atoms with Gasteiger partial charge in [-0.05, 0) is 54.3 Å². The minimum absolute atomic E-state index is 0.0118. The first-order valence-electron chi connectivity index (χ1n) is 10.9. The zero-order chi connectivity index (χ0) is 23.1. The number of carbonyl (C=O) groups is 1. The van der Waals surface area contributed by atoms with Gasteiger partial charge in [-0.1, -0.05) is 42.5 Å². The Labute approximate surface area is 195 Å². The molecule has 0 bridgehead atoms. The summed E-state index contributed by atoms with van der Waals surface area (Å²) in [4.78, 5) is 27.0. The molecule has 1 atom stereocenters. The molecule has 166 valence electrons. The van der Waals surface area contributed by atoms with Crippen molar-refractivity contribution in [3.8, 4) is 0 Å². The fourth-order valence-corrected chi connectivity index (χ4v) is 5.75. The van der Waals surface area contributed by atoms with Crippen LogP contribution in [0.1, 0.15) is 45.6 Å². The van der Waals surface area contributed by atoms with Gasteiger partial charge >= 0.3 is 5.97 Å². The monoisotopic (exact) mass is 456 g/mol. The van der Waals surface area contributed by atoms with Crippen LogP contribution in [0.25, 0.3) is 10.1 Å². The van der Waals surface area contributed by atoms with Crippen molar-refractivity contribution in [1.82, 2.24) is 0 Å². The van der Waals surface area contributed by atoms with Crippen LogP contribution in [0.4, 0.5) is 10.7 Å². The summed E-state index contributed by atoms with van der Waals surface area (Å²) in [5.74, 6) is -0.972. The number of para-hydroxylation sites is 1. The number of benzene rings is 3. The van der Waals surface area contributed by atoms with Crippen molar-refractivity contribution in [1.29, 1.82) is 0 Å². The van der Waals surface area contributed by atoms with Crippen LogP contribution in [0.3, 0.4) is 0 Å². The fourth-order valence-electron chi connectivity index (χ4n) is 4.50. The number of hydrogen-bond donors (Lipinski definition) is 2. The van der Waals surface area contributed by atoms with E-state index in [1.807, 2.05) is 38.1 Å². The van der Waals surface area contributed by atoms with Gasteiger partial charge < -0.3 is 15.3 Å². The van der Waals surface area contributed by atoms with Crippen LogP contribution in [-0.2, 0) is 13.1 Å². The van der Waals surface area contributed by atoms with Crippen molar-refractivity contribution in [2.24, 2.45) is 0 Å².